The number of benzene rings is 1. The third-order valence-corrected chi connectivity index (χ3v) is 5.80. The van der Waals surface area contributed by atoms with E-state index in [9.17, 15) is 9.59 Å². The van der Waals surface area contributed by atoms with Crippen LogP contribution in [0.4, 0.5) is 0 Å². The Kier molecular flexibility index (Phi) is 3.56. The maximum atomic E-state index is 12.4. The van der Waals surface area contributed by atoms with Gasteiger partial charge in [0.25, 0.3) is 11.5 Å². The topological polar surface area (TPSA) is 87.2 Å². The van der Waals surface area contributed by atoms with Gasteiger partial charge in [-0.3, -0.25) is 9.59 Å². The van der Waals surface area contributed by atoms with Gasteiger partial charge in [-0.25, -0.2) is 10.5 Å². The molecule has 1 aromatic heterocycles. The van der Waals surface area contributed by atoms with Crippen LogP contribution in [0.15, 0.2) is 45.8 Å². The zero-order valence-electron chi connectivity index (χ0n) is 14.2. The molecule has 2 unspecified atom stereocenters. The lowest BCUT2D eigenvalue weighted by Crippen LogP contribution is -2.48. The second kappa shape index (κ2) is 5.65. The van der Waals surface area contributed by atoms with Crippen molar-refractivity contribution in [2.45, 2.75) is 26.7 Å². The van der Waals surface area contributed by atoms with Crippen molar-refractivity contribution in [2.24, 2.45) is 22.4 Å². The van der Waals surface area contributed by atoms with Gasteiger partial charge in [0.05, 0.1) is 11.6 Å². The van der Waals surface area contributed by atoms with Crippen LogP contribution in [-0.4, -0.2) is 22.3 Å². The SMILES string of the molecule is CC1(C)C2CC=C(C=NNC(=O)c3n[nH]c(=O)c4ccccc34)C1C2. The number of allylic oxidation sites excluding steroid dienone is 2. The number of aromatic amines is 1. The first-order valence-corrected chi connectivity index (χ1v) is 8.49. The third kappa shape index (κ3) is 2.49. The normalized spacial score (nSPS) is 24.0. The lowest BCUT2D eigenvalue weighted by Gasteiger charge is -2.55. The quantitative estimate of drug-likeness (QED) is 0.667. The van der Waals surface area contributed by atoms with Gasteiger partial charge in [-0.2, -0.15) is 10.2 Å². The number of nitrogens with zero attached hydrogens (tertiary/aromatic N) is 2. The highest BCUT2D eigenvalue weighted by Crippen LogP contribution is 2.58. The summed E-state index contributed by atoms with van der Waals surface area (Å²) in [5.41, 5.74) is 3.88. The van der Waals surface area contributed by atoms with E-state index in [2.05, 4.69) is 40.6 Å². The summed E-state index contributed by atoms with van der Waals surface area (Å²) >= 11 is 0. The van der Waals surface area contributed by atoms with E-state index in [4.69, 9.17) is 0 Å². The first kappa shape index (κ1) is 15.7. The second-order valence-corrected chi connectivity index (χ2v) is 7.39. The van der Waals surface area contributed by atoms with Gasteiger partial charge in [-0.15, -0.1) is 0 Å². The van der Waals surface area contributed by atoms with Gasteiger partial charge in [-0.1, -0.05) is 38.1 Å². The molecule has 3 aliphatic rings. The molecule has 1 fully saturated rings. The molecule has 2 aromatic rings. The highest BCUT2D eigenvalue weighted by Gasteiger charge is 2.50. The number of rotatable bonds is 3. The summed E-state index contributed by atoms with van der Waals surface area (Å²) < 4.78 is 0. The molecule has 128 valence electrons. The fourth-order valence-corrected chi connectivity index (χ4v) is 4.05. The first-order chi connectivity index (χ1) is 12.0. The van der Waals surface area contributed by atoms with Gasteiger partial charge < -0.3 is 0 Å². The number of H-pyrrole nitrogens is 1. The number of nitrogens with one attached hydrogen (secondary N) is 2. The predicted octanol–water partition coefficient (Wildman–Crippen LogP) is 2.63. The van der Waals surface area contributed by atoms with Crippen molar-refractivity contribution < 1.29 is 4.79 Å². The Morgan fingerprint density at radius 1 is 1.36 bits per heavy atom. The van der Waals surface area contributed by atoms with Gasteiger partial charge in [0.2, 0.25) is 0 Å². The number of fused-ring (bicyclic) bond motifs is 2. The number of hydrazone groups is 1. The smallest absolute Gasteiger partial charge is 0.267 e. The minimum absolute atomic E-state index is 0.161. The van der Waals surface area contributed by atoms with E-state index < -0.39 is 5.91 Å². The molecule has 0 spiro atoms. The minimum Gasteiger partial charge on any atom is -0.267 e. The third-order valence-electron chi connectivity index (χ3n) is 5.80. The molecule has 2 N–H and O–H groups in total. The van der Waals surface area contributed by atoms with E-state index in [0.717, 1.165) is 12.3 Å². The molecule has 5 rings (SSSR count). The zero-order chi connectivity index (χ0) is 17.6. The van der Waals surface area contributed by atoms with Crippen molar-refractivity contribution in [3.8, 4) is 0 Å². The van der Waals surface area contributed by atoms with Crippen LogP contribution in [0, 0.1) is 17.3 Å². The molecule has 6 nitrogen and oxygen atoms in total. The molecule has 3 aliphatic carbocycles. The summed E-state index contributed by atoms with van der Waals surface area (Å²) in [5.74, 6) is 0.839. The largest absolute Gasteiger partial charge is 0.292 e. The highest BCUT2D eigenvalue weighted by atomic mass is 16.2. The minimum atomic E-state index is -0.439. The van der Waals surface area contributed by atoms with Crippen LogP contribution < -0.4 is 11.0 Å². The molecule has 0 saturated heterocycles. The zero-order valence-corrected chi connectivity index (χ0v) is 14.2. The van der Waals surface area contributed by atoms with Crippen LogP contribution in [0.1, 0.15) is 37.2 Å². The van der Waals surface area contributed by atoms with E-state index in [1.165, 1.54) is 12.0 Å². The van der Waals surface area contributed by atoms with Crippen molar-refractivity contribution in [2.75, 3.05) is 0 Å². The van der Waals surface area contributed by atoms with Crippen molar-refractivity contribution in [1.82, 2.24) is 15.6 Å². The van der Waals surface area contributed by atoms with Gasteiger partial charge in [0, 0.05) is 5.39 Å². The highest BCUT2D eigenvalue weighted by molar-refractivity contribution is 6.04. The lowest BCUT2D eigenvalue weighted by atomic mass is 9.49. The molecule has 2 atom stereocenters. The molecule has 2 bridgehead atoms. The number of hydrogen-bond donors (Lipinski definition) is 2. The molecule has 1 amide bonds. The summed E-state index contributed by atoms with van der Waals surface area (Å²) in [5, 5.41) is 11.3. The Morgan fingerprint density at radius 3 is 2.84 bits per heavy atom. The number of hydrogen-bond acceptors (Lipinski definition) is 4. The van der Waals surface area contributed by atoms with Crippen LogP contribution in [0.25, 0.3) is 10.8 Å². The predicted molar refractivity (Wildman–Crippen MR) is 96.4 cm³/mol. The van der Waals surface area contributed by atoms with E-state index >= 15 is 0 Å². The van der Waals surface area contributed by atoms with Crippen LogP contribution in [0.5, 0.6) is 0 Å². The summed E-state index contributed by atoms with van der Waals surface area (Å²) in [6.07, 6.45) is 6.23. The Bertz CT molecular complexity index is 971. The van der Waals surface area contributed by atoms with Crippen molar-refractivity contribution in [3.63, 3.8) is 0 Å². The number of aromatic nitrogens is 2. The van der Waals surface area contributed by atoms with Gasteiger partial charge in [0.15, 0.2) is 5.69 Å². The van der Waals surface area contributed by atoms with Gasteiger partial charge in [-0.05, 0) is 41.7 Å². The molecule has 0 radical (unpaired) electrons. The van der Waals surface area contributed by atoms with E-state index in [-0.39, 0.29) is 11.3 Å². The average molecular weight is 336 g/mol. The lowest BCUT2D eigenvalue weighted by molar-refractivity contribution is -0.00126. The van der Waals surface area contributed by atoms with E-state index in [1.807, 2.05) is 0 Å². The molecule has 1 aromatic carbocycles. The van der Waals surface area contributed by atoms with Gasteiger partial charge >= 0.3 is 0 Å². The van der Waals surface area contributed by atoms with E-state index in [0.29, 0.717) is 22.1 Å². The van der Waals surface area contributed by atoms with Crippen molar-refractivity contribution in [1.29, 1.82) is 0 Å². The Balaban J connectivity index is 1.53. The second-order valence-electron chi connectivity index (χ2n) is 7.39. The van der Waals surface area contributed by atoms with Crippen LogP contribution in [0.3, 0.4) is 0 Å². The van der Waals surface area contributed by atoms with Crippen molar-refractivity contribution >= 4 is 22.9 Å². The fraction of sp³-hybridized carbons (Fsp3) is 0.368. The maximum Gasteiger partial charge on any atom is 0.292 e. The number of carbonyl (C=O) groups excluding carboxylic acids is 1. The molecule has 6 heteroatoms. The van der Waals surface area contributed by atoms with Crippen molar-refractivity contribution in [3.05, 3.63) is 52.0 Å². The Hall–Kier alpha value is -2.76. The molecule has 1 saturated carbocycles. The van der Waals surface area contributed by atoms with Gasteiger partial charge in [0.1, 0.15) is 0 Å². The summed E-state index contributed by atoms with van der Waals surface area (Å²) in [6, 6.07) is 6.89. The summed E-state index contributed by atoms with van der Waals surface area (Å²) in [7, 11) is 0. The summed E-state index contributed by atoms with van der Waals surface area (Å²) in [6.45, 7) is 4.59. The summed E-state index contributed by atoms with van der Waals surface area (Å²) in [4.78, 5) is 24.2. The van der Waals surface area contributed by atoms with Crippen LogP contribution in [0.2, 0.25) is 0 Å². The number of amides is 1. The van der Waals surface area contributed by atoms with Crippen LogP contribution >= 0.6 is 0 Å². The molecule has 0 aliphatic heterocycles. The maximum absolute atomic E-state index is 12.4. The van der Waals surface area contributed by atoms with E-state index in [1.54, 1.807) is 30.5 Å². The molecule has 1 heterocycles. The Labute approximate surface area is 145 Å². The molecular weight excluding hydrogens is 316 g/mol. The monoisotopic (exact) mass is 336 g/mol. The Morgan fingerprint density at radius 2 is 2.12 bits per heavy atom. The average Bonchev–Trinajstić information content (AvgIpc) is 2.62. The fourth-order valence-electron chi connectivity index (χ4n) is 4.05. The molecular formula is C19H20N4O2. The molecule has 25 heavy (non-hydrogen) atoms. The van der Waals surface area contributed by atoms with Crippen LogP contribution in [-0.2, 0) is 0 Å². The number of carbonyl (C=O) groups is 1. The standard InChI is InChI=1S/C19H20N4O2/c1-19(2)12-8-7-11(15(19)9-12)10-20-22-18(25)16-13-5-3-4-6-14(13)17(24)23-21-16/h3-7,10,12,15H,8-9H2,1-2H3,(H,22,25)(H,23,24). The first-order valence-electron chi connectivity index (χ1n) is 8.49.